The predicted octanol–water partition coefficient (Wildman–Crippen LogP) is 2.35. The molecule has 1 heterocycles. The molecule has 0 aliphatic heterocycles. The van der Waals surface area contributed by atoms with Crippen molar-refractivity contribution in [2.75, 3.05) is 10.6 Å². The van der Waals surface area contributed by atoms with Gasteiger partial charge in [-0.1, -0.05) is 6.07 Å². The summed E-state index contributed by atoms with van der Waals surface area (Å²) in [5, 5.41) is 9.14. The summed E-state index contributed by atoms with van der Waals surface area (Å²) in [6.07, 6.45) is -2.98. The van der Waals surface area contributed by atoms with Crippen molar-refractivity contribution in [2.24, 2.45) is 12.8 Å². The summed E-state index contributed by atoms with van der Waals surface area (Å²) in [7, 11) is 1.58. The minimum Gasteiger partial charge on any atom is -0.364 e. The molecule has 0 atom stereocenters. The largest absolute Gasteiger partial charge is 0.416 e. The van der Waals surface area contributed by atoms with Gasteiger partial charge in [0, 0.05) is 18.9 Å². The highest BCUT2D eigenvalue weighted by molar-refractivity contribution is 7.80. The molecule has 0 aliphatic rings. The van der Waals surface area contributed by atoms with E-state index in [9.17, 15) is 18.0 Å². The molecule has 0 saturated heterocycles. The Labute approximate surface area is 134 Å². The lowest BCUT2D eigenvalue weighted by molar-refractivity contribution is -0.137. The Morgan fingerprint density at radius 1 is 1.35 bits per heavy atom. The number of hydrogen-bond acceptors (Lipinski definition) is 3. The molecule has 0 unspecified atom stereocenters. The number of benzene rings is 1. The van der Waals surface area contributed by atoms with Crippen LogP contribution in [-0.2, 0) is 13.2 Å². The molecule has 1 amide bonds. The maximum atomic E-state index is 12.7. The van der Waals surface area contributed by atoms with Crippen LogP contribution in [0.25, 0.3) is 0 Å². The average molecular weight is 343 g/mol. The number of hydrogen-bond donors (Lipinski definition) is 3. The Morgan fingerprint density at radius 3 is 2.65 bits per heavy atom. The number of rotatable bonds is 3. The Morgan fingerprint density at radius 2 is 2.04 bits per heavy atom. The molecule has 6 nitrogen and oxygen atoms in total. The SMILES string of the molecule is Cn1cc(NC(=S)Nc2cccc(C(F)(F)F)c2)c(C(N)=O)n1. The first kappa shape index (κ1) is 16.7. The van der Waals surface area contributed by atoms with E-state index in [1.165, 1.54) is 23.0 Å². The van der Waals surface area contributed by atoms with Gasteiger partial charge in [0.1, 0.15) is 0 Å². The quantitative estimate of drug-likeness (QED) is 0.745. The average Bonchev–Trinajstić information content (AvgIpc) is 2.79. The van der Waals surface area contributed by atoms with Crippen LogP contribution in [0.2, 0.25) is 0 Å². The molecule has 1 aromatic heterocycles. The number of nitrogens with two attached hydrogens (primary N) is 1. The van der Waals surface area contributed by atoms with Gasteiger partial charge in [-0.2, -0.15) is 18.3 Å². The van der Waals surface area contributed by atoms with E-state index in [0.717, 1.165) is 12.1 Å². The standard InChI is InChI=1S/C13H12F3N5OS/c1-21-6-9(10(20-21)11(17)22)19-12(23)18-8-4-2-3-7(5-8)13(14,15)16/h2-6H,1H3,(H2,17,22)(H2,18,19,23). The number of alkyl halides is 3. The van der Waals surface area contributed by atoms with E-state index in [2.05, 4.69) is 15.7 Å². The zero-order valence-electron chi connectivity index (χ0n) is 11.8. The highest BCUT2D eigenvalue weighted by Gasteiger charge is 2.30. The van der Waals surface area contributed by atoms with Gasteiger partial charge in [0.25, 0.3) is 5.91 Å². The van der Waals surface area contributed by atoms with E-state index in [-0.39, 0.29) is 22.2 Å². The molecule has 122 valence electrons. The van der Waals surface area contributed by atoms with Crippen molar-refractivity contribution in [2.45, 2.75) is 6.18 Å². The zero-order valence-corrected chi connectivity index (χ0v) is 12.6. The maximum Gasteiger partial charge on any atom is 0.416 e. The van der Waals surface area contributed by atoms with Gasteiger partial charge in [0.2, 0.25) is 0 Å². The van der Waals surface area contributed by atoms with Crippen molar-refractivity contribution < 1.29 is 18.0 Å². The van der Waals surface area contributed by atoms with Crippen LogP contribution in [0.4, 0.5) is 24.5 Å². The Bertz CT molecular complexity index is 756. The van der Waals surface area contributed by atoms with E-state index in [1.54, 1.807) is 7.05 Å². The second kappa shape index (κ2) is 6.24. The first-order valence-electron chi connectivity index (χ1n) is 6.25. The van der Waals surface area contributed by atoms with Crippen LogP contribution in [0.5, 0.6) is 0 Å². The summed E-state index contributed by atoms with van der Waals surface area (Å²) < 4.78 is 39.3. The fraction of sp³-hybridized carbons (Fsp3) is 0.154. The van der Waals surface area contributed by atoms with Gasteiger partial charge in [-0.25, -0.2) is 0 Å². The van der Waals surface area contributed by atoms with Crippen molar-refractivity contribution in [3.05, 3.63) is 41.7 Å². The van der Waals surface area contributed by atoms with Crippen LogP contribution in [0, 0.1) is 0 Å². The van der Waals surface area contributed by atoms with Crippen LogP contribution in [0.3, 0.4) is 0 Å². The summed E-state index contributed by atoms with van der Waals surface area (Å²) in [4.78, 5) is 11.2. The van der Waals surface area contributed by atoms with Crippen molar-refractivity contribution >= 4 is 34.6 Å². The predicted molar refractivity (Wildman–Crippen MR) is 83.0 cm³/mol. The van der Waals surface area contributed by atoms with Crippen LogP contribution in [0.15, 0.2) is 30.5 Å². The Balaban J connectivity index is 2.13. The first-order chi connectivity index (χ1) is 10.7. The number of anilines is 2. The number of amides is 1. The number of carbonyl (C=O) groups is 1. The monoisotopic (exact) mass is 343 g/mol. The lowest BCUT2D eigenvalue weighted by atomic mass is 10.2. The molecule has 0 aliphatic carbocycles. The van der Waals surface area contributed by atoms with Crippen LogP contribution in [-0.4, -0.2) is 20.8 Å². The molecule has 4 N–H and O–H groups in total. The summed E-state index contributed by atoms with van der Waals surface area (Å²) in [5.41, 5.74) is 4.76. The molecule has 1 aromatic carbocycles. The number of aromatic nitrogens is 2. The molecular formula is C13H12F3N5OS. The second-order valence-corrected chi connectivity index (χ2v) is 5.00. The van der Waals surface area contributed by atoms with Gasteiger partial charge < -0.3 is 16.4 Å². The van der Waals surface area contributed by atoms with E-state index in [4.69, 9.17) is 18.0 Å². The van der Waals surface area contributed by atoms with Crippen molar-refractivity contribution in [3.8, 4) is 0 Å². The van der Waals surface area contributed by atoms with Gasteiger partial charge in [-0.15, -0.1) is 0 Å². The van der Waals surface area contributed by atoms with Gasteiger partial charge >= 0.3 is 6.18 Å². The highest BCUT2D eigenvalue weighted by Crippen LogP contribution is 2.30. The number of nitrogens with zero attached hydrogens (tertiary/aromatic N) is 2. The fourth-order valence-electron chi connectivity index (χ4n) is 1.82. The molecule has 0 radical (unpaired) electrons. The zero-order chi connectivity index (χ0) is 17.2. The number of aryl methyl sites for hydroxylation is 1. The summed E-state index contributed by atoms with van der Waals surface area (Å²) >= 11 is 5.02. The van der Waals surface area contributed by atoms with E-state index in [1.807, 2.05) is 0 Å². The highest BCUT2D eigenvalue weighted by atomic mass is 32.1. The molecular weight excluding hydrogens is 331 g/mol. The number of nitrogens with one attached hydrogen (secondary N) is 2. The lowest BCUT2D eigenvalue weighted by Gasteiger charge is -2.12. The Kier molecular flexibility index (Phi) is 4.55. The van der Waals surface area contributed by atoms with E-state index in [0.29, 0.717) is 0 Å². The third-order valence-electron chi connectivity index (χ3n) is 2.76. The van der Waals surface area contributed by atoms with E-state index < -0.39 is 17.6 Å². The third kappa shape index (κ3) is 4.19. The topological polar surface area (TPSA) is 85.0 Å². The maximum absolute atomic E-state index is 12.7. The van der Waals surface area contributed by atoms with E-state index >= 15 is 0 Å². The number of thiocarbonyl (C=S) groups is 1. The lowest BCUT2D eigenvalue weighted by Crippen LogP contribution is -2.22. The number of carbonyl (C=O) groups excluding carboxylic acids is 1. The third-order valence-corrected chi connectivity index (χ3v) is 2.96. The van der Waals surface area contributed by atoms with Gasteiger partial charge in [0.05, 0.1) is 11.3 Å². The fourth-order valence-corrected chi connectivity index (χ4v) is 2.05. The summed E-state index contributed by atoms with van der Waals surface area (Å²) in [6.45, 7) is 0. The van der Waals surface area contributed by atoms with Crippen molar-refractivity contribution in [3.63, 3.8) is 0 Å². The smallest absolute Gasteiger partial charge is 0.364 e. The van der Waals surface area contributed by atoms with Gasteiger partial charge in [-0.05, 0) is 30.4 Å². The normalized spacial score (nSPS) is 11.1. The van der Waals surface area contributed by atoms with Crippen LogP contribution < -0.4 is 16.4 Å². The van der Waals surface area contributed by atoms with Crippen molar-refractivity contribution in [1.82, 2.24) is 9.78 Å². The molecule has 2 rings (SSSR count). The molecule has 23 heavy (non-hydrogen) atoms. The Hall–Kier alpha value is -2.62. The second-order valence-electron chi connectivity index (χ2n) is 4.59. The first-order valence-corrected chi connectivity index (χ1v) is 6.66. The minimum absolute atomic E-state index is 0.000163. The molecule has 10 heteroatoms. The summed E-state index contributed by atoms with van der Waals surface area (Å²) in [6, 6.07) is 4.56. The molecule has 0 spiro atoms. The van der Waals surface area contributed by atoms with Crippen LogP contribution in [0.1, 0.15) is 16.1 Å². The van der Waals surface area contributed by atoms with Crippen molar-refractivity contribution in [1.29, 1.82) is 0 Å². The number of primary amides is 1. The van der Waals surface area contributed by atoms with Gasteiger partial charge in [-0.3, -0.25) is 9.48 Å². The van der Waals surface area contributed by atoms with Crippen LogP contribution >= 0.6 is 12.2 Å². The summed E-state index contributed by atoms with van der Waals surface area (Å²) in [5.74, 6) is -0.755. The minimum atomic E-state index is -4.45. The molecule has 0 bridgehead atoms. The molecule has 2 aromatic rings. The number of halogens is 3. The molecule has 0 saturated carbocycles. The van der Waals surface area contributed by atoms with Gasteiger partial charge in [0.15, 0.2) is 10.8 Å². The molecule has 0 fully saturated rings.